The number of carbonyl (C=O) groups is 2. The third-order valence-corrected chi connectivity index (χ3v) is 2.20. The summed E-state index contributed by atoms with van der Waals surface area (Å²) in [7, 11) is 0. The first-order chi connectivity index (χ1) is 9.11. The number of aliphatic carboxylic acids is 1. The number of nitrogens with zero attached hydrogens (tertiary/aromatic N) is 1. The summed E-state index contributed by atoms with van der Waals surface area (Å²) in [6.07, 6.45) is 7.70. The number of pyridine rings is 1. The highest BCUT2D eigenvalue weighted by molar-refractivity contribution is 5.88. The Labute approximate surface area is 111 Å². The fraction of sp³-hybridized carbons (Fsp3) is 0.308. The number of amides is 2. The van der Waals surface area contributed by atoms with Crippen molar-refractivity contribution in [2.24, 2.45) is 0 Å². The van der Waals surface area contributed by atoms with Gasteiger partial charge in [0.1, 0.15) is 0 Å². The van der Waals surface area contributed by atoms with Crippen LogP contribution in [0.25, 0.3) is 0 Å². The highest BCUT2D eigenvalue weighted by atomic mass is 16.4. The van der Waals surface area contributed by atoms with E-state index >= 15 is 0 Å². The molecule has 2 amide bonds. The summed E-state index contributed by atoms with van der Waals surface area (Å²) in [5.74, 6) is 1.54. The number of aromatic nitrogens is 1. The zero-order valence-electron chi connectivity index (χ0n) is 10.3. The van der Waals surface area contributed by atoms with Crippen molar-refractivity contribution < 1.29 is 14.7 Å². The van der Waals surface area contributed by atoms with Crippen molar-refractivity contribution in [2.45, 2.75) is 19.3 Å². The molecule has 0 unspecified atom stereocenters. The number of carboxylic acids is 1. The molecule has 19 heavy (non-hydrogen) atoms. The molecule has 0 saturated heterocycles. The molecule has 100 valence electrons. The van der Waals surface area contributed by atoms with Crippen LogP contribution in [0.1, 0.15) is 18.5 Å². The second-order valence-corrected chi connectivity index (χ2v) is 3.80. The number of unbranched alkanes of at least 4 members (excludes halogenated alkanes) is 1. The van der Waals surface area contributed by atoms with E-state index in [9.17, 15) is 9.59 Å². The zero-order chi connectivity index (χ0) is 14.1. The van der Waals surface area contributed by atoms with Gasteiger partial charge in [0.05, 0.1) is 24.0 Å². The number of terminal acetylenes is 1. The Bertz CT molecular complexity index is 477. The van der Waals surface area contributed by atoms with E-state index in [0.29, 0.717) is 24.3 Å². The average molecular weight is 261 g/mol. The van der Waals surface area contributed by atoms with Crippen LogP contribution in [0.15, 0.2) is 18.3 Å². The zero-order valence-corrected chi connectivity index (χ0v) is 10.3. The minimum atomic E-state index is -0.945. The van der Waals surface area contributed by atoms with Gasteiger partial charge in [0.2, 0.25) is 0 Å². The first-order valence-corrected chi connectivity index (χ1v) is 5.77. The maximum absolute atomic E-state index is 11.4. The molecule has 0 atom stereocenters. The largest absolute Gasteiger partial charge is 0.481 e. The first-order valence-electron chi connectivity index (χ1n) is 5.77. The lowest BCUT2D eigenvalue weighted by Gasteiger charge is -2.06. The molecule has 0 fully saturated rings. The van der Waals surface area contributed by atoms with E-state index in [2.05, 4.69) is 21.5 Å². The van der Waals surface area contributed by atoms with Gasteiger partial charge >= 0.3 is 12.0 Å². The summed E-state index contributed by atoms with van der Waals surface area (Å²) in [5, 5.41) is 13.8. The minimum absolute atomic E-state index is 0.140. The van der Waals surface area contributed by atoms with Crippen LogP contribution in [0.4, 0.5) is 10.5 Å². The van der Waals surface area contributed by atoms with Gasteiger partial charge in [-0.1, -0.05) is 0 Å². The summed E-state index contributed by atoms with van der Waals surface area (Å²) in [6, 6.07) is 2.82. The van der Waals surface area contributed by atoms with Crippen LogP contribution in [0.5, 0.6) is 0 Å². The number of urea groups is 1. The highest BCUT2D eigenvalue weighted by Gasteiger charge is 2.04. The van der Waals surface area contributed by atoms with Gasteiger partial charge in [-0.25, -0.2) is 4.79 Å². The summed E-state index contributed by atoms with van der Waals surface area (Å²) >= 11 is 0. The maximum Gasteiger partial charge on any atom is 0.319 e. The second-order valence-electron chi connectivity index (χ2n) is 3.80. The Morgan fingerprint density at radius 3 is 2.79 bits per heavy atom. The Balaban J connectivity index is 2.38. The lowest BCUT2D eigenvalue weighted by molar-refractivity contribution is -0.136. The van der Waals surface area contributed by atoms with E-state index in [1.807, 2.05) is 0 Å². The Kier molecular flexibility index (Phi) is 5.89. The molecular weight excluding hydrogens is 246 g/mol. The average Bonchev–Trinajstić information content (AvgIpc) is 2.36. The van der Waals surface area contributed by atoms with Gasteiger partial charge in [-0.05, 0) is 18.6 Å². The number of carboxylic acid groups (broad SMARTS) is 1. The smallest absolute Gasteiger partial charge is 0.319 e. The summed E-state index contributed by atoms with van der Waals surface area (Å²) in [5.41, 5.74) is 0.941. The molecule has 6 nitrogen and oxygen atoms in total. The summed E-state index contributed by atoms with van der Waals surface area (Å²) in [6.45, 7) is 0.501. The predicted molar refractivity (Wildman–Crippen MR) is 70.7 cm³/mol. The standard InChI is InChI=1S/C13H15N3O3/c1-2-3-4-7-14-13(19)16-11-6-5-10(15-9-11)8-12(17)18/h1,5-6,9H,3-4,7-8H2,(H,17,18)(H2,14,16,19). The molecule has 0 aliphatic rings. The van der Waals surface area contributed by atoms with Crippen molar-refractivity contribution in [2.75, 3.05) is 11.9 Å². The van der Waals surface area contributed by atoms with Gasteiger partial charge in [-0.15, -0.1) is 12.3 Å². The number of anilines is 1. The molecule has 0 radical (unpaired) electrons. The topological polar surface area (TPSA) is 91.3 Å². The molecule has 1 heterocycles. The Morgan fingerprint density at radius 1 is 1.42 bits per heavy atom. The van der Waals surface area contributed by atoms with Crippen molar-refractivity contribution in [3.05, 3.63) is 24.0 Å². The third kappa shape index (κ3) is 6.07. The van der Waals surface area contributed by atoms with Crippen LogP contribution in [0.3, 0.4) is 0 Å². The SMILES string of the molecule is C#CCCCNC(=O)Nc1ccc(CC(=O)O)nc1. The number of nitrogens with one attached hydrogen (secondary N) is 2. The monoisotopic (exact) mass is 261 g/mol. The molecule has 0 spiro atoms. The van der Waals surface area contributed by atoms with Crippen LogP contribution in [0, 0.1) is 12.3 Å². The van der Waals surface area contributed by atoms with Crippen molar-refractivity contribution in [3.8, 4) is 12.3 Å². The fourth-order valence-corrected chi connectivity index (χ4v) is 1.33. The minimum Gasteiger partial charge on any atom is -0.481 e. The fourth-order valence-electron chi connectivity index (χ4n) is 1.33. The molecule has 0 bridgehead atoms. The Morgan fingerprint density at radius 2 is 2.21 bits per heavy atom. The van der Waals surface area contributed by atoms with E-state index in [-0.39, 0.29) is 12.5 Å². The molecule has 0 aliphatic carbocycles. The lowest BCUT2D eigenvalue weighted by atomic mass is 10.2. The molecule has 0 aliphatic heterocycles. The van der Waals surface area contributed by atoms with Gasteiger partial charge in [-0.2, -0.15) is 0 Å². The highest BCUT2D eigenvalue weighted by Crippen LogP contribution is 2.06. The molecule has 0 aromatic carbocycles. The quantitative estimate of drug-likeness (QED) is 0.531. The van der Waals surface area contributed by atoms with Crippen LogP contribution in [0.2, 0.25) is 0 Å². The second kappa shape index (κ2) is 7.71. The van der Waals surface area contributed by atoms with Gasteiger partial charge in [-0.3, -0.25) is 9.78 Å². The van der Waals surface area contributed by atoms with E-state index in [4.69, 9.17) is 11.5 Å². The number of rotatable bonds is 6. The van der Waals surface area contributed by atoms with Crippen LogP contribution in [-0.4, -0.2) is 28.6 Å². The molecule has 0 saturated carbocycles. The van der Waals surface area contributed by atoms with Crippen molar-refractivity contribution in [1.82, 2.24) is 10.3 Å². The van der Waals surface area contributed by atoms with Gasteiger partial charge in [0.25, 0.3) is 0 Å². The molecule has 1 aromatic heterocycles. The van der Waals surface area contributed by atoms with E-state index in [1.54, 1.807) is 12.1 Å². The lowest BCUT2D eigenvalue weighted by Crippen LogP contribution is -2.29. The normalized spacial score (nSPS) is 9.42. The van der Waals surface area contributed by atoms with Crippen LogP contribution in [-0.2, 0) is 11.2 Å². The molecule has 3 N–H and O–H groups in total. The van der Waals surface area contributed by atoms with Crippen LogP contribution >= 0.6 is 0 Å². The van der Waals surface area contributed by atoms with Gasteiger partial charge in [0, 0.05) is 13.0 Å². The first kappa shape index (κ1) is 14.5. The number of hydrogen-bond acceptors (Lipinski definition) is 3. The van der Waals surface area contributed by atoms with E-state index in [0.717, 1.165) is 6.42 Å². The Hall–Kier alpha value is -2.55. The van der Waals surface area contributed by atoms with E-state index < -0.39 is 5.97 Å². The predicted octanol–water partition coefficient (Wildman–Crippen LogP) is 1.24. The summed E-state index contributed by atoms with van der Waals surface area (Å²) < 4.78 is 0. The van der Waals surface area contributed by atoms with E-state index in [1.165, 1.54) is 6.20 Å². The molecule has 6 heteroatoms. The maximum atomic E-state index is 11.4. The van der Waals surface area contributed by atoms with Crippen LogP contribution < -0.4 is 10.6 Å². The summed E-state index contributed by atoms with van der Waals surface area (Å²) in [4.78, 5) is 25.8. The van der Waals surface area contributed by atoms with Gasteiger partial charge < -0.3 is 15.7 Å². The number of carbonyl (C=O) groups excluding carboxylic acids is 1. The number of hydrogen-bond donors (Lipinski definition) is 3. The third-order valence-electron chi connectivity index (χ3n) is 2.20. The van der Waals surface area contributed by atoms with Crippen molar-refractivity contribution in [3.63, 3.8) is 0 Å². The van der Waals surface area contributed by atoms with Gasteiger partial charge in [0.15, 0.2) is 0 Å². The van der Waals surface area contributed by atoms with Crippen molar-refractivity contribution >= 4 is 17.7 Å². The van der Waals surface area contributed by atoms with Crippen molar-refractivity contribution in [1.29, 1.82) is 0 Å². The molecular formula is C13H15N3O3. The molecule has 1 rings (SSSR count). The molecule has 1 aromatic rings.